The van der Waals surface area contributed by atoms with Crippen molar-refractivity contribution in [3.8, 4) is 28.1 Å². The van der Waals surface area contributed by atoms with Crippen molar-refractivity contribution in [2.45, 2.75) is 50.2 Å². The van der Waals surface area contributed by atoms with Crippen LogP contribution in [0.25, 0.3) is 22.4 Å². The van der Waals surface area contributed by atoms with Crippen LogP contribution in [0.1, 0.15) is 32.1 Å². The first-order chi connectivity index (χ1) is 14.2. The fourth-order valence-electron chi connectivity index (χ4n) is 4.72. The molecule has 0 amide bonds. The Kier molecular flexibility index (Phi) is 4.63. The molecule has 2 aliphatic rings. The summed E-state index contributed by atoms with van der Waals surface area (Å²) in [7, 11) is 2.25. The first-order valence-corrected chi connectivity index (χ1v) is 10.2. The van der Waals surface area contributed by atoms with Crippen molar-refractivity contribution in [3.05, 3.63) is 36.8 Å². The quantitative estimate of drug-likeness (QED) is 0.628. The Balaban J connectivity index is 1.29. The molecule has 2 bridgehead atoms. The van der Waals surface area contributed by atoms with E-state index < -0.39 is 0 Å². The van der Waals surface area contributed by atoms with Crippen LogP contribution < -0.4 is 5.32 Å². The van der Waals surface area contributed by atoms with Crippen LogP contribution in [0.5, 0.6) is 5.75 Å². The Morgan fingerprint density at radius 2 is 1.93 bits per heavy atom. The molecule has 1 aromatic carbocycles. The Bertz CT molecular complexity index is 959. The third kappa shape index (κ3) is 3.55. The van der Waals surface area contributed by atoms with E-state index in [9.17, 15) is 5.11 Å². The minimum Gasteiger partial charge on any atom is -0.507 e. The molecule has 2 saturated heterocycles. The van der Waals surface area contributed by atoms with Gasteiger partial charge in [0.2, 0.25) is 5.95 Å². The van der Waals surface area contributed by atoms with Gasteiger partial charge in [0.05, 0.1) is 12.4 Å². The highest BCUT2D eigenvalue weighted by Gasteiger charge is 2.36. The highest BCUT2D eigenvalue weighted by atomic mass is 16.3. The van der Waals surface area contributed by atoms with Gasteiger partial charge in [-0.2, -0.15) is 5.10 Å². The molecule has 2 aliphatic heterocycles. The van der Waals surface area contributed by atoms with Gasteiger partial charge < -0.3 is 15.3 Å². The molecule has 3 aromatic rings. The van der Waals surface area contributed by atoms with Gasteiger partial charge >= 0.3 is 0 Å². The number of nitrogens with zero attached hydrogens (tertiary/aromatic N) is 5. The zero-order valence-corrected chi connectivity index (χ0v) is 16.4. The van der Waals surface area contributed by atoms with Crippen molar-refractivity contribution in [2.75, 3.05) is 12.4 Å². The Labute approximate surface area is 169 Å². The zero-order chi connectivity index (χ0) is 19.8. The molecule has 2 unspecified atom stereocenters. The summed E-state index contributed by atoms with van der Waals surface area (Å²) in [5, 5.41) is 29.2. The van der Waals surface area contributed by atoms with Gasteiger partial charge in [-0.25, -0.2) is 4.98 Å². The van der Waals surface area contributed by atoms with Crippen molar-refractivity contribution >= 4 is 5.95 Å². The third-order valence-electron chi connectivity index (χ3n) is 6.34. The second-order valence-electron chi connectivity index (χ2n) is 8.10. The summed E-state index contributed by atoms with van der Waals surface area (Å²) in [4.78, 5) is 6.99. The van der Waals surface area contributed by atoms with Gasteiger partial charge in [-0.1, -0.05) is 12.5 Å². The van der Waals surface area contributed by atoms with Gasteiger partial charge in [0.1, 0.15) is 11.4 Å². The Morgan fingerprint density at radius 1 is 1.10 bits per heavy atom. The average molecular weight is 391 g/mol. The largest absolute Gasteiger partial charge is 0.507 e. The maximum atomic E-state index is 10.4. The standard InChI is InChI=1S/C21H25N7O/c1-28-16-3-2-4-17(28)9-15(8-16)25-21-22-12-19(26-27-21)18-6-5-13(7-20(18)29)14-10-23-24-11-14/h5-7,10-12,15-17,29H,2-4,8-9H2,1H3,(H,23,24)(H,22,25,27)/t15?,16-,17?/m0/s1. The minimum absolute atomic E-state index is 0.142. The monoisotopic (exact) mass is 391 g/mol. The number of benzene rings is 1. The van der Waals surface area contributed by atoms with Crippen LogP contribution in [0.2, 0.25) is 0 Å². The summed E-state index contributed by atoms with van der Waals surface area (Å²) in [6.07, 6.45) is 11.3. The number of hydrogen-bond acceptors (Lipinski definition) is 7. The summed E-state index contributed by atoms with van der Waals surface area (Å²) in [6, 6.07) is 7.14. The van der Waals surface area contributed by atoms with E-state index in [1.165, 1.54) is 19.3 Å². The molecule has 5 rings (SSSR count). The van der Waals surface area contributed by atoms with Crippen molar-refractivity contribution in [3.63, 3.8) is 0 Å². The van der Waals surface area contributed by atoms with Crippen LogP contribution in [0.15, 0.2) is 36.8 Å². The number of H-pyrrole nitrogens is 1. The molecule has 4 heterocycles. The maximum Gasteiger partial charge on any atom is 0.242 e. The summed E-state index contributed by atoms with van der Waals surface area (Å²) in [5.74, 6) is 0.694. The van der Waals surface area contributed by atoms with E-state index in [-0.39, 0.29) is 5.75 Å². The van der Waals surface area contributed by atoms with Gasteiger partial charge in [-0.3, -0.25) is 5.10 Å². The maximum absolute atomic E-state index is 10.4. The number of aromatic nitrogens is 5. The van der Waals surface area contributed by atoms with E-state index in [0.717, 1.165) is 24.0 Å². The molecule has 0 saturated carbocycles. The van der Waals surface area contributed by atoms with E-state index in [2.05, 4.69) is 42.6 Å². The smallest absolute Gasteiger partial charge is 0.242 e. The number of aromatic hydroxyl groups is 1. The predicted molar refractivity (Wildman–Crippen MR) is 110 cm³/mol. The van der Waals surface area contributed by atoms with E-state index in [1.54, 1.807) is 24.7 Å². The average Bonchev–Trinajstić information content (AvgIpc) is 3.24. The molecule has 3 N–H and O–H groups in total. The fraction of sp³-hybridized carbons (Fsp3) is 0.429. The number of aromatic amines is 1. The SMILES string of the molecule is CN1C2CCC[C@H]1CC(Nc1ncc(-c3ccc(-c4cn[nH]c4)cc3O)nn1)C2. The van der Waals surface area contributed by atoms with Crippen LogP contribution in [-0.2, 0) is 0 Å². The first kappa shape index (κ1) is 18.1. The second kappa shape index (κ2) is 7.44. The Hall–Kier alpha value is -3.00. The van der Waals surface area contributed by atoms with Gasteiger partial charge in [-0.15, -0.1) is 10.2 Å². The molecule has 0 radical (unpaired) electrons. The molecule has 8 nitrogen and oxygen atoms in total. The number of anilines is 1. The summed E-state index contributed by atoms with van der Waals surface area (Å²) >= 11 is 0. The normalized spacial score (nSPS) is 24.4. The lowest BCUT2D eigenvalue weighted by molar-refractivity contribution is 0.0607. The topological polar surface area (TPSA) is 103 Å². The fourth-order valence-corrected chi connectivity index (χ4v) is 4.72. The molecule has 29 heavy (non-hydrogen) atoms. The Morgan fingerprint density at radius 3 is 2.59 bits per heavy atom. The van der Waals surface area contributed by atoms with Crippen molar-refractivity contribution in [1.82, 2.24) is 30.3 Å². The van der Waals surface area contributed by atoms with E-state index in [1.807, 2.05) is 12.1 Å². The lowest BCUT2D eigenvalue weighted by Crippen LogP contribution is -2.52. The van der Waals surface area contributed by atoms with Gasteiger partial charge in [0, 0.05) is 35.4 Å². The summed E-state index contributed by atoms with van der Waals surface area (Å²) in [5.41, 5.74) is 2.95. The second-order valence-corrected chi connectivity index (χ2v) is 8.10. The van der Waals surface area contributed by atoms with Crippen molar-refractivity contribution < 1.29 is 5.11 Å². The molecule has 2 fully saturated rings. The minimum atomic E-state index is 0.142. The number of rotatable bonds is 4. The highest BCUT2D eigenvalue weighted by molar-refractivity contribution is 5.73. The lowest BCUT2D eigenvalue weighted by atomic mass is 9.82. The zero-order valence-electron chi connectivity index (χ0n) is 16.4. The van der Waals surface area contributed by atoms with Crippen LogP contribution in [0.4, 0.5) is 5.95 Å². The number of nitrogens with one attached hydrogen (secondary N) is 2. The third-order valence-corrected chi connectivity index (χ3v) is 6.34. The predicted octanol–water partition coefficient (Wildman–Crippen LogP) is 3.06. The van der Waals surface area contributed by atoms with Crippen LogP contribution in [-0.4, -0.2) is 60.6 Å². The van der Waals surface area contributed by atoms with Crippen LogP contribution in [0, 0.1) is 0 Å². The molecule has 150 valence electrons. The molecular formula is C21H25N7O. The molecule has 0 spiro atoms. The van der Waals surface area contributed by atoms with E-state index in [4.69, 9.17) is 0 Å². The first-order valence-electron chi connectivity index (χ1n) is 10.2. The number of hydrogen-bond donors (Lipinski definition) is 3. The number of fused-ring (bicyclic) bond motifs is 2. The summed E-state index contributed by atoms with van der Waals surface area (Å²) < 4.78 is 0. The van der Waals surface area contributed by atoms with E-state index >= 15 is 0 Å². The lowest BCUT2D eigenvalue weighted by Gasteiger charge is -2.47. The molecule has 3 atom stereocenters. The molecule has 0 aliphatic carbocycles. The van der Waals surface area contributed by atoms with Crippen molar-refractivity contribution in [2.24, 2.45) is 0 Å². The van der Waals surface area contributed by atoms with Crippen molar-refractivity contribution in [1.29, 1.82) is 0 Å². The highest BCUT2D eigenvalue weighted by Crippen LogP contribution is 2.34. The number of phenols is 1. The van der Waals surface area contributed by atoms with Crippen LogP contribution in [0.3, 0.4) is 0 Å². The van der Waals surface area contributed by atoms with Gasteiger partial charge in [-0.05, 0) is 50.4 Å². The number of phenolic OH excluding ortho intramolecular Hbond substituents is 1. The van der Waals surface area contributed by atoms with Crippen LogP contribution >= 0.6 is 0 Å². The number of piperidine rings is 2. The molecule has 2 aromatic heterocycles. The molecule has 8 heteroatoms. The molecular weight excluding hydrogens is 366 g/mol. The van der Waals surface area contributed by atoms with Gasteiger partial charge in [0.25, 0.3) is 0 Å². The van der Waals surface area contributed by atoms with Gasteiger partial charge in [0.15, 0.2) is 0 Å². The van der Waals surface area contributed by atoms with E-state index in [0.29, 0.717) is 35.3 Å². The summed E-state index contributed by atoms with van der Waals surface area (Å²) in [6.45, 7) is 0.